The van der Waals surface area contributed by atoms with E-state index in [2.05, 4.69) is 13.8 Å². The first-order valence-electron chi connectivity index (χ1n) is 19.1. The van der Waals surface area contributed by atoms with E-state index < -0.39 is 43.9 Å². The first-order valence-corrected chi connectivity index (χ1v) is 22.3. The van der Waals surface area contributed by atoms with Gasteiger partial charge in [-0.15, -0.1) is 0 Å². The van der Waals surface area contributed by atoms with E-state index in [-0.39, 0.29) is 37.7 Å². The maximum Gasteiger partial charge on any atom is 2.00 e. The van der Waals surface area contributed by atoms with E-state index >= 15 is 0 Å². The molecule has 0 bridgehead atoms. The van der Waals surface area contributed by atoms with E-state index in [1.807, 2.05) is 0 Å². The van der Waals surface area contributed by atoms with E-state index in [1.54, 1.807) is 0 Å². The topological polar surface area (TPSA) is 155 Å². The Labute approximate surface area is 321 Å². The van der Waals surface area contributed by atoms with E-state index in [0.717, 1.165) is 38.5 Å². The normalized spacial score (nSPS) is 13.1. The van der Waals surface area contributed by atoms with E-state index in [9.17, 15) is 36.2 Å². The number of rotatable bonds is 34. The molecule has 0 fully saturated rings. The van der Waals surface area contributed by atoms with Crippen LogP contribution in [0.2, 0.25) is 0 Å². The fourth-order valence-electron chi connectivity index (χ4n) is 5.79. The van der Waals surface area contributed by atoms with Gasteiger partial charge in [-0.2, -0.15) is 0 Å². The van der Waals surface area contributed by atoms with Gasteiger partial charge < -0.3 is 19.3 Å². The van der Waals surface area contributed by atoms with E-state index in [0.29, 0.717) is 12.8 Å². The molecule has 8 nitrogen and oxygen atoms in total. The van der Waals surface area contributed by atoms with Crippen molar-refractivity contribution in [3.05, 3.63) is 0 Å². The molecule has 47 heavy (non-hydrogen) atoms. The molecule has 0 heterocycles. The van der Waals surface area contributed by atoms with Crippen LogP contribution in [0.3, 0.4) is 0 Å². The Hall–Kier alpha value is 1.000. The molecule has 2 atom stereocenters. The third-order valence-electron chi connectivity index (χ3n) is 8.57. The van der Waals surface area contributed by atoms with E-state index in [4.69, 9.17) is 0 Å². The van der Waals surface area contributed by atoms with Gasteiger partial charge in [0.2, 0.25) is 0 Å². The largest absolute Gasteiger partial charge is 2.00 e. The monoisotopic (exact) mass is 738 g/mol. The molecule has 0 aliphatic rings. The predicted octanol–water partition coefficient (Wildman–Crippen LogP) is 9.15. The van der Waals surface area contributed by atoms with Crippen LogP contribution in [0.5, 0.6) is 0 Å². The van der Waals surface area contributed by atoms with Crippen molar-refractivity contribution in [3.63, 3.8) is 0 Å². The molecule has 0 rings (SSSR count). The maximum atomic E-state index is 10.5. The molecule has 11 heteroatoms. The number of aliphatic hydroxyl groups excluding tert-OH is 2. The van der Waals surface area contributed by atoms with Gasteiger partial charge in [0.15, 0.2) is 0 Å². The average molecular weight is 739 g/mol. The second kappa shape index (κ2) is 38.2. The average Bonchev–Trinajstić information content (AvgIpc) is 2.96. The predicted molar refractivity (Wildman–Crippen MR) is 197 cm³/mol. The second-order valence-corrected chi connectivity index (χ2v) is 16.4. The third-order valence-corrected chi connectivity index (χ3v) is 10.2. The van der Waals surface area contributed by atoms with Crippen LogP contribution >= 0.6 is 0 Å². The van der Waals surface area contributed by atoms with Crippen molar-refractivity contribution in [2.75, 3.05) is 11.5 Å². The van der Waals surface area contributed by atoms with Crippen LogP contribution in [0, 0.1) is 0 Å². The summed E-state index contributed by atoms with van der Waals surface area (Å²) in [5.41, 5.74) is 0. The summed E-state index contributed by atoms with van der Waals surface area (Å²) >= 11 is 0. The van der Waals surface area contributed by atoms with Crippen LogP contribution in [0.4, 0.5) is 0 Å². The van der Waals surface area contributed by atoms with Crippen molar-refractivity contribution in [2.45, 2.75) is 219 Å². The molecular formula is C36H74CaO8S2. The fourth-order valence-corrected chi connectivity index (χ4v) is 7.06. The van der Waals surface area contributed by atoms with Gasteiger partial charge in [-0.3, -0.25) is 0 Å². The summed E-state index contributed by atoms with van der Waals surface area (Å²) in [4.78, 5) is 0. The standard InChI is InChI=1S/2C18H38O4S.Ca/c2*1-2-3-4-5-6-7-8-9-10-11-12-13-14-15-16-18(19)17-23(20,21)22;/h2*18-19H,2-17H2,1H3,(H,20,21,22);/q;;+2/p-2. The zero-order valence-corrected chi connectivity index (χ0v) is 34.5. The van der Waals surface area contributed by atoms with Crippen molar-refractivity contribution in [3.8, 4) is 0 Å². The molecule has 0 aromatic heterocycles. The van der Waals surface area contributed by atoms with Crippen molar-refractivity contribution < 1.29 is 36.2 Å². The molecule has 2 N–H and O–H groups in total. The van der Waals surface area contributed by atoms with Gasteiger partial charge in [0.1, 0.15) is 0 Å². The summed E-state index contributed by atoms with van der Waals surface area (Å²) in [7, 11) is -8.59. The summed E-state index contributed by atoms with van der Waals surface area (Å²) in [6.07, 6.45) is 34.2. The molecule has 0 aliphatic heterocycles. The number of hydrogen-bond acceptors (Lipinski definition) is 8. The third kappa shape index (κ3) is 51.5. The fraction of sp³-hybridized carbons (Fsp3) is 1.00. The molecule has 280 valence electrons. The van der Waals surface area contributed by atoms with Crippen LogP contribution in [0.25, 0.3) is 0 Å². The zero-order chi connectivity index (χ0) is 34.8. The van der Waals surface area contributed by atoms with Crippen LogP contribution in [-0.4, -0.2) is 97.6 Å². The SMILES string of the molecule is CCCCCCCCCCCCCCCCC(O)CS(=O)(=O)[O-].CCCCCCCCCCCCCCCCC(O)CS(=O)(=O)[O-].[Ca+2]. The number of hydrogen-bond donors (Lipinski definition) is 2. The molecule has 0 saturated heterocycles. The summed E-state index contributed by atoms with van der Waals surface area (Å²) < 4.78 is 62.8. The van der Waals surface area contributed by atoms with Crippen molar-refractivity contribution in [2.24, 2.45) is 0 Å². The Kier molecular flexibility index (Phi) is 42.6. The summed E-state index contributed by atoms with van der Waals surface area (Å²) in [5.74, 6) is -1.29. The Bertz CT molecular complexity index is 757. The van der Waals surface area contributed by atoms with Gasteiger partial charge >= 0.3 is 37.7 Å². The van der Waals surface area contributed by atoms with E-state index in [1.165, 1.54) is 141 Å². The smallest absolute Gasteiger partial charge is 0.748 e. The molecular weight excluding hydrogens is 665 g/mol. The van der Waals surface area contributed by atoms with Crippen LogP contribution < -0.4 is 0 Å². The zero-order valence-electron chi connectivity index (χ0n) is 30.6. The molecule has 0 aliphatic carbocycles. The van der Waals surface area contributed by atoms with Crippen LogP contribution in [0.15, 0.2) is 0 Å². The van der Waals surface area contributed by atoms with Crippen molar-refractivity contribution in [1.29, 1.82) is 0 Å². The second-order valence-electron chi connectivity index (χ2n) is 13.5. The van der Waals surface area contributed by atoms with Crippen LogP contribution in [-0.2, 0) is 20.2 Å². The Morgan fingerprint density at radius 3 is 0.723 bits per heavy atom. The number of aliphatic hydroxyl groups is 2. The summed E-state index contributed by atoms with van der Waals surface area (Å²) in [6.45, 7) is 4.50. The van der Waals surface area contributed by atoms with Crippen molar-refractivity contribution >= 4 is 58.0 Å². The number of unbranched alkanes of at least 4 members (excludes halogenated alkanes) is 26. The Balaban J connectivity index is -0.000000807. The molecule has 0 aromatic rings. The first kappa shape index (κ1) is 52.4. The quantitative estimate of drug-likeness (QED) is 0.0376. The van der Waals surface area contributed by atoms with Gasteiger partial charge in [-0.1, -0.05) is 194 Å². The molecule has 0 aromatic carbocycles. The molecule has 0 saturated carbocycles. The summed E-state index contributed by atoms with van der Waals surface area (Å²) in [5, 5.41) is 18.8. The minimum absolute atomic E-state index is 0. The molecule has 2 unspecified atom stereocenters. The van der Waals surface area contributed by atoms with Gasteiger partial charge in [0.05, 0.1) is 43.9 Å². The molecule has 0 amide bonds. The maximum absolute atomic E-state index is 10.5. The summed E-state index contributed by atoms with van der Waals surface area (Å²) in [6, 6.07) is 0. The van der Waals surface area contributed by atoms with Crippen LogP contribution in [0.1, 0.15) is 206 Å². The first-order chi connectivity index (χ1) is 21.9. The van der Waals surface area contributed by atoms with Gasteiger partial charge in [0, 0.05) is 0 Å². The Morgan fingerprint density at radius 2 is 0.553 bits per heavy atom. The van der Waals surface area contributed by atoms with Gasteiger partial charge in [-0.05, 0) is 12.8 Å². The minimum Gasteiger partial charge on any atom is -0.748 e. The molecule has 0 spiro atoms. The van der Waals surface area contributed by atoms with Crippen molar-refractivity contribution in [1.82, 2.24) is 0 Å². The Morgan fingerprint density at radius 1 is 0.383 bits per heavy atom. The molecule has 0 radical (unpaired) electrons. The van der Waals surface area contributed by atoms with Gasteiger partial charge in [0.25, 0.3) is 0 Å². The van der Waals surface area contributed by atoms with Gasteiger partial charge in [-0.25, -0.2) is 16.8 Å². The minimum atomic E-state index is -4.29.